The number of nitrogens with one attached hydrogen (secondary N) is 1. The molecule has 0 aliphatic heterocycles. The smallest absolute Gasteiger partial charge is 0.273 e. The molecule has 5 nitrogen and oxygen atoms in total. The summed E-state index contributed by atoms with van der Waals surface area (Å²) in [4.78, 5) is 13.0. The summed E-state index contributed by atoms with van der Waals surface area (Å²) in [6.07, 6.45) is 2.25. The standard InChI is InChI=1S/C16H27N3O2/c1-5-13(6-2)12-18(8-4)15-9-14(17-7-3)10-16(11-15)19(20)21/h9-11,13,17H,5-8,12H2,1-4H3. The number of benzene rings is 1. The van der Waals surface area contributed by atoms with Crippen LogP contribution in [0.25, 0.3) is 0 Å². The first-order valence-electron chi connectivity index (χ1n) is 7.83. The van der Waals surface area contributed by atoms with Crippen molar-refractivity contribution >= 4 is 17.1 Å². The van der Waals surface area contributed by atoms with E-state index in [2.05, 4.69) is 31.0 Å². The molecule has 0 heterocycles. The molecule has 0 saturated carbocycles. The van der Waals surface area contributed by atoms with Gasteiger partial charge in [-0.25, -0.2) is 0 Å². The Morgan fingerprint density at radius 1 is 1.19 bits per heavy atom. The Labute approximate surface area is 127 Å². The molecular formula is C16H27N3O2. The average Bonchev–Trinajstić information content (AvgIpc) is 2.48. The highest BCUT2D eigenvalue weighted by atomic mass is 16.6. The Morgan fingerprint density at radius 3 is 2.33 bits per heavy atom. The molecule has 0 unspecified atom stereocenters. The molecule has 1 aromatic carbocycles. The third-order valence-corrected chi connectivity index (χ3v) is 3.87. The first kappa shape index (κ1) is 17.3. The van der Waals surface area contributed by atoms with Gasteiger partial charge in [0, 0.05) is 43.1 Å². The molecule has 118 valence electrons. The summed E-state index contributed by atoms with van der Waals surface area (Å²) in [5.74, 6) is 0.617. The van der Waals surface area contributed by atoms with E-state index in [1.54, 1.807) is 12.1 Å². The number of nitrogens with zero attached hydrogens (tertiary/aromatic N) is 2. The maximum atomic E-state index is 11.1. The van der Waals surface area contributed by atoms with Crippen LogP contribution in [-0.2, 0) is 0 Å². The summed E-state index contributed by atoms with van der Waals surface area (Å²) in [6, 6.07) is 5.27. The van der Waals surface area contributed by atoms with Gasteiger partial charge in [-0.1, -0.05) is 26.7 Å². The van der Waals surface area contributed by atoms with Gasteiger partial charge < -0.3 is 10.2 Å². The Balaban J connectivity index is 3.09. The van der Waals surface area contributed by atoms with Crippen molar-refractivity contribution in [3.63, 3.8) is 0 Å². The lowest BCUT2D eigenvalue weighted by Crippen LogP contribution is -2.29. The van der Waals surface area contributed by atoms with E-state index in [-0.39, 0.29) is 10.6 Å². The van der Waals surface area contributed by atoms with Crippen LogP contribution in [0.5, 0.6) is 0 Å². The Bertz CT molecular complexity index is 459. The average molecular weight is 293 g/mol. The summed E-state index contributed by atoms with van der Waals surface area (Å²) >= 11 is 0. The molecule has 0 bridgehead atoms. The van der Waals surface area contributed by atoms with E-state index in [0.29, 0.717) is 5.92 Å². The fraction of sp³-hybridized carbons (Fsp3) is 0.625. The SMILES string of the molecule is CCNc1cc(N(CC)CC(CC)CC)cc([N+](=O)[O-])c1. The minimum Gasteiger partial charge on any atom is -0.385 e. The van der Waals surface area contributed by atoms with Crippen LogP contribution in [0.2, 0.25) is 0 Å². The molecular weight excluding hydrogens is 266 g/mol. The van der Waals surface area contributed by atoms with Crippen LogP contribution in [0, 0.1) is 16.0 Å². The Hall–Kier alpha value is -1.78. The minimum atomic E-state index is -0.324. The third kappa shape index (κ3) is 4.92. The van der Waals surface area contributed by atoms with Crippen LogP contribution < -0.4 is 10.2 Å². The van der Waals surface area contributed by atoms with Crippen LogP contribution in [0.15, 0.2) is 18.2 Å². The number of nitro groups is 1. The highest BCUT2D eigenvalue weighted by Crippen LogP contribution is 2.28. The van der Waals surface area contributed by atoms with Crippen LogP contribution in [-0.4, -0.2) is 24.6 Å². The molecule has 0 amide bonds. The first-order valence-corrected chi connectivity index (χ1v) is 7.83. The van der Waals surface area contributed by atoms with Crippen molar-refractivity contribution in [2.45, 2.75) is 40.5 Å². The van der Waals surface area contributed by atoms with Gasteiger partial charge in [0.15, 0.2) is 0 Å². The lowest BCUT2D eigenvalue weighted by atomic mass is 10.0. The largest absolute Gasteiger partial charge is 0.385 e. The van der Waals surface area contributed by atoms with Crippen LogP contribution >= 0.6 is 0 Å². The molecule has 0 aromatic heterocycles. The molecule has 5 heteroatoms. The quantitative estimate of drug-likeness (QED) is 0.545. The van der Waals surface area contributed by atoms with Gasteiger partial charge in [0.1, 0.15) is 0 Å². The number of hydrogen-bond acceptors (Lipinski definition) is 4. The van der Waals surface area contributed by atoms with E-state index in [0.717, 1.165) is 43.9 Å². The maximum absolute atomic E-state index is 11.1. The van der Waals surface area contributed by atoms with Gasteiger partial charge in [-0.05, 0) is 25.8 Å². The Kier molecular flexibility index (Phi) is 6.99. The molecule has 0 spiro atoms. The van der Waals surface area contributed by atoms with Crippen molar-refractivity contribution in [1.82, 2.24) is 0 Å². The monoisotopic (exact) mass is 293 g/mol. The number of non-ortho nitro benzene ring substituents is 1. The van der Waals surface area contributed by atoms with E-state index >= 15 is 0 Å². The number of hydrogen-bond donors (Lipinski definition) is 1. The minimum absolute atomic E-state index is 0.145. The van der Waals surface area contributed by atoms with E-state index in [9.17, 15) is 10.1 Å². The molecule has 0 radical (unpaired) electrons. The lowest BCUT2D eigenvalue weighted by Gasteiger charge is -2.27. The van der Waals surface area contributed by atoms with Crippen LogP contribution in [0.4, 0.5) is 17.1 Å². The molecule has 0 saturated heterocycles. The van der Waals surface area contributed by atoms with Crippen molar-refractivity contribution in [2.24, 2.45) is 5.92 Å². The van der Waals surface area contributed by atoms with Gasteiger partial charge >= 0.3 is 0 Å². The van der Waals surface area contributed by atoms with Gasteiger partial charge in [-0.3, -0.25) is 10.1 Å². The van der Waals surface area contributed by atoms with Crippen molar-refractivity contribution in [2.75, 3.05) is 29.9 Å². The van der Waals surface area contributed by atoms with E-state index < -0.39 is 0 Å². The van der Waals surface area contributed by atoms with E-state index in [1.807, 2.05) is 13.0 Å². The summed E-state index contributed by atoms with van der Waals surface area (Å²) in [6.45, 7) is 11.0. The highest BCUT2D eigenvalue weighted by Gasteiger charge is 2.15. The van der Waals surface area contributed by atoms with E-state index in [1.165, 1.54) is 0 Å². The third-order valence-electron chi connectivity index (χ3n) is 3.87. The van der Waals surface area contributed by atoms with Gasteiger partial charge in [0.25, 0.3) is 5.69 Å². The molecule has 0 fully saturated rings. The predicted molar refractivity (Wildman–Crippen MR) is 89.2 cm³/mol. The topological polar surface area (TPSA) is 58.4 Å². The van der Waals surface area contributed by atoms with Crippen molar-refractivity contribution in [3.8, 4) is 0 Å². The lowest BCUT2D eigenvalue weighted by molar-refractivity contribution is -0.384. The number of nitro benzene ring substituents is 1. The molecule has 1 N–H and O–H groups in total. The maximum Gasteiger partial charge on any atom is 0.273 e. The molecule has 0 aliphatic rings. The highest BCUT2D eigenvalue weighted by molar-refractivity contribution is 5.64. The van der Waals surface area contributed by atoms with Gasteiger partial charge in [-0.15, -0.1) is 0 Å². The summed E-state index contributed by atoms with van der Waals surface area (Å²) in [5.41, 5.74) is 1.88. The van der Waals surface area contributed by atoms with Gasteiger partial charge in [0.05, 0.1) is 4.92 Å². The zero-order valence-corrected chi connectivity index (χ0v) is 13.6. The second-order valence-electron chi connectivity index (χ2n) is 5.25. The van der Waals surface area contributed by atoms with Crippen LogP contribution in [0.1, 0.15) is 40.5 Å². The summed E-state index contributed by atoms with van der Waals surface area (Å²) in [7, 11) is 0. The molecule has 1 aromatic rings. The Morgan fingerprint density at radius 2 is 1.86 bits per heavy atom. The molecule has 0 aliphatic carbocycles. The van der Waals surface area contributed by atoms with Crippen molar-refractivity contribution < 1.29 is 4.92 Å². The van der Waals surface area contributed by atoms with Gasteiger partial charge in [-0.2, -0.15) is 0 Å². The fourth-order valence-corrected chi connectivity index (χ4v) is 2.46. The molecule has 21 heavy (non-hydrogen) atoms. The fourth-order valence-electron chi connectivity index (χ4n) is 2.46. The zero-order valence-electron chi connectivity index (χ0n) is 13.6. The first-order chi connectivity index (χ1) is 10.0. The predicted octanol–water partition coefficient (Wildman–Crippen LogP) is 4.29. The van der Waals surface area contributed by atoms with Crippen molar-refractivity contribution in [1.29, 1.82) is 0 Å². The zero-order chi connectivity index (χ0) is 15.8. The summed E-state index contributed by atoms with van der Waals surface area (Å²) in [5, 5.41) is 14.3. The second-order valence-corrected chi connectivity index (χ2v) is 5.25. The second kappa shape index (κ2) is 8.49. The molecule has 0 atom stereocenters. The van der Waals surface area contributed by atoms with Gasteiger partial charge in [0.2, 0.25) is 0 Å². The van der Waals surface area contributed by atoms with E-state index in [4.69, 9.17) is 0 Å². The summed E-state index contributed by atoms with van der Waals surface area (Å²) < 4.78 is 0. The number of anilines is 2. The molecule has 1 rings (SSSR count). The normalized spacial score (nSPS) is 10.7. The number of rotatable bonds is 9. The van der Waals surface area contributed by atoms with Crippen LogP contribution in [0.3, 0.4) is 0 Å². The van der Waals surface area contributed by atoms with Crippen molar-refractivity contribution in [3.05, 3.63) is 28.3 Å².